The number of likely N-dealkylation sites (tertiary alicyclic amines) is 1. The summed E-state index contributed by atoms with van der Waals surface area (Å²) in [5.41, 5.74) is 0. The molecule has 5 nitrogen and oxygen atoms in total. The highest BCUT2D eigenvalue weighted by atomic mass is 16.2. The Hall–Kier alpha value is -0.940. The third kappa shape index (κ3) is 3.79. The van der Waals surface area contributed by atoms with Crippen molar-refractivity contribution in [3.63, 3.8) is 0 Å². The molecule has 1 amide bonds. The number of nitrogens with zero attached hydrogens (tertiary/aromatic N) is 3. The highest BCUT2D eigenvalue weighted by Gasteiger charge is 2.28. The van der Waals surface area contributed by atoms with E-state index in [1.54, 1.807) is 0 Å². The summed E-state index contributed by atoms with van der Waals surface area (Å²) in [6.07, 6.45) is 3.90. The maximum atomic E-state index is 12.2. The van der Waals surface area contributed by atoms with Crippen LogP contribution in [0, 0.1) is 5.92 Å². The first-order chi connectivity index (χ1) is 9.70. The molecule has 20 heavy (non-hydrogen) atoms. The molecule has 2 aliphatic heterocycles. The molecule has 0 N–H and O–H groups in total. The largest absolute Gasteiger partial charge is 0.341 e. The number of piperidine rings is 1. The van der Waals surface area contributed by atoms with E-state index in [9.17, 15) is 9.59 Å². The summed E-state index contributed by atoms with van der Waals surface area (Å²) >= 11 is 0. The van der Waals surface area contributed by atoms with E-state index < -0.39 is 0 Å². The number of rotatable bonds is 4. The average molecular weight is 279 g/mol. The van der Waals surface area contributed by atoms with Crippen LogP contribution in [0.4, 0.5) is 0 Å². The summed E-state index contributed by atoms with van der Waals surface area (Å²) in [7, 11) is 0. The molecule has 0 atom stereocenters. The SMILES string of the molecule is O=C1CCN(C(=O)CN2CCN(CC3CC3)CC2)CC1. The first-order valence-electron chi connectivity index (χ1n) is 7.95. The molecule has 0 aromatic carbocycles. The van der Waals surface area contributed by atoms with E-state index in [0.29, 0.717) is 38.3 Å². The van der Waals surface area contributed by atoms with Gasteiger partial charge in [0, 0.05) is 58.7 Å². The fourth-order valence-electron chi connectivity index (χ4n) is 3.09. The number of ketones is 1. The zero-order valence-corrected chi connectivity index (χ0v) is 12.2. The lowest BCUT2D eigenvalue weighted by atomic mass is 10.1. The Morgan fingerprint density at radius 1 is 0.950 bits per heavy atom. The molecule has 1 aliphatic carbocycles. The van der Waals surface area contributed by atoms with E-state index in [0.717, 1.165) is 32.1 Å². The fraction of sp³-hybridized carbons (Fsp3) is 0.867. The highest BCUT2D eigenvalue weighted by molar-refractivity contribution is 5.84. The molecule has 3 rings (SSSR count). The Kier molecular flexibility index (Phi) is 4.36. The monoisotopic (exact) mass is 279 g/mol. The van der Waals surface area contributed by atoms with Crippen molar-refractivity contribution < 1.29 is 9.59 Å². The van der Waals surface area contributed by atoms with Crippen LogP contribution >= 0.6 is 0 Å². The van der Waals surface area contributed by atoms with Gasteiger partial charge in [0.05, 0.1) is 6.54 Å². The second-order valence-electron chi connectivity index (χ2n) is 6.44. The molecule has 0 spiro atoms. The summed E-state index contributed by atoms with van der Waals surface area (Å²) < 4.78 is 0. The molecule has 112 valence electrons. The number of piperazine rings is 1. The van der Waals surface area contributed by atoms with Gasteiger partial charge in [-0.05, 0) is 18.8 Å². The van der Waals surface area contributed by atoms with Gasteiger partial charge >= 0.3 is 0 Å². The van der Waals surface area contributed by atoms with Crippen LogP contribution in [0.5, 0.6) is 0 Å². The molecular weight excluding hydrogens is 254 g/mol. The summed E-state index contributed by atoms with van der Waals surface area (Å²) in [5.74, 6) is 1.45. The van der Waals surface area contributed by atoms with Gasteiger partial charge in [-0.3, -0.25) is 14.5 Å². The Morgan fingerprint density at radius 2 is 1.55 bits per heavy atom. The number of Topliss-reactive ketones (excluding diaryl/α,β-unsaturated/α-hetero) is 1. The molecule has 0 aromatic rings. The second kappa shape index (κ2) is 6.22. The molecule has 0 aromatic heterocycles. The van der Waals surface area contributed by atoms with Crippen molar-refractivity contribution in [2.75, 3.05) is 52.4 Å². The van der Waals surface area contributed by atoms with Crippen LogP contribution in [-0.2, 0) is 9.59 Å². The van der Waals surface area contributed by atoms with Crippen molar-refractivity contribution in [3.05, 3.63) is 0 Å². The van der Waals surface area contributed by atoms with Gasteiger partial charge in [-0.25, -0.2) is 0 Å². The van der Waals surface area contributed by atoms with Crippen molar-refractivity contribution >= 4 is 11.7 Å². The zero-order chi connectivity index (χ0) is 13.9. The molecule has 2 heterocycles. The van der Waals surface area contributed by atoms with Crippen molar-refractivity contribution in [1.29, 1.82) is 0 Å². The Labute approximate surface area is 120 Å². The van der Waals surface area contributed by atoms with Gasteiger partial charge in [0.25, 0.3) is 0 Å². The van der Waals surface area contributed by atoms with Gasteiger partial charge < -0.3 is 9.80 Å². The number of hydrogen-bond acceptors (Lipinski definition) is 4. The Balaban J connectivity index is 1.37. The smallest absolute Gasteiger partial charge is 0.236 e. The summed E-state index contributed by atoms with van der Waals surface area (Å²) in [6, 6.07) is 0. The van der Waals surface area contributed by atoms with Crippen molar-refractivity contribution in [3.8, 4) is 0 Å². The molecule has 0 bridgehead atoms. The molecule has 5 heteroatoms. The number of hydrogen-bond donors (Lipinski definition) is 0. The van der Waals surface area contributed by atoms with E-state index in [4.69, 9.17) is 0 Å². The molecule has 0 unspecified atom stereocenters. The van der Waals surface area contributed by atoms with E-state index in [1.807, 2.05) is 4.90 Å². The van der Waals surface area contributed by atoms with E-state index in [-0.39, 0.29) is 5.91 Å². The first kappa shape index (κ1) is 14.0. The van der Waals surface area contributed by atoms with Crippen LogP contribution in [0.25, 0.3) is 0 Å². The number of carbonyl (C=O) groups excluding carboxylic acids is 2. The third-order valence-corrected chi connectivity index (χ3v) is 4.71. The van der Waals surface area contributed by atoms with E-state index in [1.165, 1.54) is 19.4 Å². The minimum absolute atomic E-state index is 0.202. The molecular formula is C15H25N3O2. The van der Waals surface area contributed by atoms with Crippen LogP contribution in [0.3, 0.4) is 0 Å². The molecule has 3 fully saturated rings. The molecule has 1 saturated carbocycles. The van der Waals surface area contributed by atoms with Gasteiger partial charge in [0.1, 0.15) is 5.78 Å². The van der Waals surface area contributed by atoms with Crippen LogP contribution in [0.2, 0.25) is 0 Å². The lowest BCUT2D eigenvalue weighted by molar-refractivity contribution is -0.135. The van der Waals surface area contributed by atoms with Crippen molar-refractivity contribution in [1.82, 2.24) is 14.7 Å². The van der Waals surface area contributed by atoms with Crippen molar-refractivity contribution in [2.45, 2.75) is 25.7 Å². The predicted octanol–water partition coefficient (Wildman–Crippen LogP) is 0.206. The van der Waals surface area contributed by atoms with Gasteiger partial charge in [0.2, 0.25) is 5.91 Å². The number of amides is 1. The van der Waals surface area contributed by atoms with Gasteiger partial charge in [-0.2, -0.15) is 0 Å². The molecule has 2 saturated heterocycles. The quantitative estimate of drug-likeness (QED) is 0.738. The average Bonchev–Trinajstić information content (AvgIpc) is 3.26. The summed E-state index contributed by atoms with van der Waals surface area (Å²) in [5, 5.41) is 0. The van der Waals surface area contributed by atoms with Crippen molar-refractivity contribution in [2.24, 2.45) is 5.92 Å². The minimum Gasteiger partial charge on any atom is -0.341 e. The maximum Gasteiger partial charge on any atom is 0.236 e. The number of carbonyl (C=O) groups is 2. The maximum absolute atomic E-state index is 12.2. The van der Waals surface area contributed by atoms with Crippen LogP contribution in [0.15, 0.2) is 0 Å². The van der Waals surface area contributed by atoms with E-state index >= 15 is 0 Å². The molecule has 3 aliphatic rings. The van der Waals surface area contributed by atoms with Crippen LogP contribution < -0.4 is 0 Å². The normalized spacial score (nSPS) is 26.0. The molecule has 0 radical (unpaired) electrons. The van der Waals surface area contributed by atoms with Gasteiger partial charge in [-0.15, -0.1) is 0 Å². The zero-order valence-electron chi connectivity index (χ0n) is 12.2. The predicted molar refractivity (Wildman–Crippen MR) is 76.4 cm³/mol. The third-order valence-electron chi connectivity index (χ3n) is 4.71. The summed E-state index contributed by atoms with van der Waals surface area (Å²) in [4.78, 5) is 30.1. The Bertz CT molecular complexity index is 363. The minimum atomic E-state index is 0.202. The van der Waals surface area contributed by atoms with Crippen LogP contribution in [-0.4, -0.2) is 78.7 Å². The van der Waals surface area contributed by atoms with E-state index in [2.05, 4.69) is 9.80 Å². The second-order valence-corrected chi connectivity index (χ2v) is 6.44. The lowest BCUT2D eigenvalue weighted by Crippen LogP contribution is -2.51. The Morgan fingerprint density at radius 3 is 2.15 bits per heavy atom. The first-order valence-corrected chi connectivity index (χ1v) is 7.95. The summed E-state index contributed by atoms with van der Waals surface area (Å²) in [6.45, 7) is 7.25. The standard InChI is InChI=1S/C15H25N3O2/c19-14-3-5-18(6-4-14)15(20)12-17-9-7-16(8-10-17)11-13-1-2-13/h13H,1-12H2. The van der Waals surface area contributed by atoms with Gasteiger partial charge in [0.15, 0.2) is 0 Å². The fourth-order valence-corrected chi connectivity index (χ4v) is 3.09. The topological polar surface area (TPSA) is 43.9 Å². The van der Waals surface area contributed by atoms with Crippen LogP contribution in [0.1, 0.15) is 25.7 Å². The highest BCUT2D eigenvalue weighted by Crippen LogP contribution is 2.29. The lowest BCUT2D eigenvalue weighted by Gasteiger charge is -2.36. The van der Waals surface area contributed by atoms with Gasteiger partial charge in [-0.1, -0.05) is 0 Å².